The van der Waals surface area contributed by atoms with Crippen LogP contribution in [0.4, 0.5) is 10.5 Å². The molecule has 20 heavy (non-hydrogen) atoms. The fourth-order valence-corrected chi connectivity index (χ4v) is 2.40. The molecule has 0 aliphatic heterocycles. The number of benzene rings is 1. The Labute approximate surface area is 134 Å². The number of thioether (sulfide) groups is 1. The summed E-state index contributed by atoms with van der Waals surface area (Å²) in [5.74, 6) is -0.413. The van der Waals surface area contributed by atoms with Crippen molar-refractivity contribution in [3.63, 3.8) is 0 Å². The maximum Gasteiger partial charge on any atom is 0.326 e. The smallest absolute Gasteiger partial charge is 0.326 e. The summed E-state index contributed by atoms with van der Waals surface area (Å²) < 4.78 is 0.759. The first-order valence-corrected chi connectivity index (χ1v) is 8.25. The number of amides is 2. The number of nitrogens with one attached hydrogen (secondary N) is 2. The minimum Gasteiger partial charge on any atom is -0.480 e. The van der Waals surface area contributed by atoms with E-state index in [1.807, 2.05) is 6.26 Å². The van der Waals surface area contributed by atoms with Gasteiger partial charge in [0.15, 0.2) is 0 Å². The number of carbonyl (C=O) groups is 2. The van der Waals surface area contributed by atoms with Gasteiger partial charge in [0.2, 0.25) is 0 Å². The Hall–Kier alpha value is -0.920. The second-order valence-corrected chi connectivity index (χ2v) is 6.20. The van der Waals surface area contributed by atoms with Crippen LogP contribution in [0.5, 0.6) is 0 Å². The van der Waals surface area contributed by atoms with E-state index in [1.165, 1.54) is 11.8 Å². The van der Waals surface area contributed by atoms with Crippen molar-refractivity contribution in [3.8, 4) is 0 Å². The highest BCUT2D eigenvalue weighted by Gasteiger charge is 2.19. The van der Waals surface area contributed by atoms with Crippen molar-refractivity contribution in [2.75, 3.05) is 17.3 Å². The zero-order chi connectivity index (χ0) is 15.1. The molecule has 0 heterocycles. The number of halogens is 2. The molecule has 0 radical (unpaired) electrons. The van der Waals surface area contributed by atoms with E-state index in [4.69, 9.17) is 16.7 Å². The fraction of sp³-hybridized carbons (Fsp3) is 0.333. The van der Waals surface area contributed by atoms with E-state index in [0.717, 1.165) is 4.47 Å². The van der Waals surface area contributed by atoms with Gasteiger partial charge in [-0.25, -0.2) is 9.59 Å². The molecule has 110 valence electrons. The summed E-state index contributed by atoms with van der Waals surface area (Å²) in [5.41, 5.74) is 0.410. The Morgan fingerprint density at radius 3 is 2.80 bits per heavy atom. The van der Waals surface area contributed by atoms with Gasteiger partial charge in [-0.05, 0) is 36.6 Å². The Morgan fingerprint density at radius 2 is 2.20 bits per heavy atom. The van der Waals surface area contributed by atoms with Crippen LogP contribution < -0.4 is 10.6 Å². The van der Waals surface area contributed by atoms with Crippen LogP contribution in [0.2, 0.25) is 5.02 Å². The topological polar surface area (TPSA) is 78.4 Å². The third-order valence-corrected chi connectivity index (χ3v) is 3.86. The van der Waals surface area contributed by atoms with Crippen molar-refractivity contribution in [2.24, 2.45) is 0 Å². The number of urea groups is 1. The highest BCUT2D eigenvalue weighted by Crippen LogP contribution is 2.25. The molecule has 2 amide bonds. The summed E-state index contributed by atoms with van der Waals surface area (Å²) in [6.45, 7) is 0. The standard InChI is InChI=1S/C12H14BrClN2O3S/c1-20-5-4-9(11(17)18)15-12(19)16-10-6-7(13)2-3-8(10)14/h2-3,6,9H,4-5H2,1H3,(H,17,18)(H2,15,16,19). The minimum absolute atomic E-state index is 0.357. The Morgan fingerprint density at radius 1 is 1.50 bits per heavy atom. The van der Waals surface area contributed by atoms with Crippen molar-refractivity contribution in [2.45, 2.75) is 12.5 Å². The molecule has 1 unspecified atom stereocenters. The summed E-state index contributed by atoms with van der Waals surface area (Å²) in [7, 11) is 0. The first-order chi connectivity index (χ1) is 9.43. The van der Waals surface area contributed by atoms with Gasteiger partial charge in [0.05, 0.1) is 10.7 Å². The molecule has 0 aliphatic rings. The summed E-state index contributed by atoms with van der Waals surface area (Å²) in [6, 6.07) is 3.49. The fourth-order valence-electron chi connectivity index (χ4n) is 1.40. The van der Waals surface area contributed by atoms with Crippen molar-refractivity contribution < 1.29 is 14.7 Å². The van der Waals surface area contributed by atoms with Gasteiger partial charge in [-0.1, -0.05) is 27.5 Å². The molecular weight excluding hydrogens is 368 g/mol. The number of rotatable bonds is 6. The lowest BCUT2D eigenvalue weighted by Crippen LogP contribution is -2.43. The Kier molecular flexibility index (Phi) is 7.18. The Bertz CT molecular complexity index is 502. The molecule has 0 saturated heterocycles. The van der Waals surface area contributed by atoms with Crippen molar-refractivity contribution >= 4 is 57.0 Å². The number of aliphatic carboxylic acids is 1. The normalized spacial score (nSPS) is 11.8. The van der Waals surface area contributed by atoms with Gasteiger partial charge in [0.25, 0.3) is 0 Å². The van der Waals surface area contributed by atoms with E-state index in [2.05, 4.69) is 26.6 Å². The number of hydrogen-bond donors (Lipinski definition) is 3. The predicted molar refractivity (Wildman–Crippen MR) is 85.7 cm³/mol. The van der Waals surface area contributed by atoms with Gasteiger partial charge in [0, 0.05) is 4.47 Å². The lowest BCUT2D eigenvalue weighted by molar-refractivity contribution is -0.139. The molecule has 5 nitrogen and oxygen atoms in total. The van der Waals surface area contributed by atoms with Crippen LogP contribution in [0.15, 0.2) is 22.7 Å². The highest BCUT2D eigenvalue weighted by atomic mass is 79.9. The van der Waals surface area contributed by atoms with E-state index in [1.54, 1.807) is 18.2 Å². The van der Waals surface area contributed by atoms with Crippen LogP contribution >= 0.6 is 39.3 Å². The van der Waals surface area contributed by atoms with Crippen LogP contribution in [-0.4, -0.2) is 35.2 Å². The van der Waals surface area contributed by atoms with E-state index in [0.29, 0.717) is 22.9 Å². The van der Waals surface area contributed by atoms with E-state index in [9.17, 15) is 9.59 Å². The van der Waals surface area contributed by atoms with Crippen LogP contribution in [-0.2, 0) is 4.79 Å². The third-order valence-electron chi connectivity index (χ3n) is 2.39. The average molecular weight is 382 g/mol. The monoisotopic (exact) mass is 380 g/mol. The van der Waals surface area contributed by atoms with Gasteiger partial charge >= 0.3 is 12.0 Å². The molecule has 0 spiro atoms. The predicted octanol–water partition coefficient (Wildman–Crippen LogP) is 3.43. The number of hydrogen-bond acceptors (Lipinski definition) is 3. The molecule has 0 aromatic heterocycles. The third kappa shape index (κ3) is 5.60. The first-order valence-electron chi connectivity index (χ1n) is 5.68. The zero-order valence-electron chi connectivity index (χ0n) is 10.7. The van der Waals surface area contributed by atoms with Gasteiger partial charge in [-0.2, -0.15) is 11.8 Å². The Balaban J connectivity index is 2.65. The maximum atomic E-state index is 11.8. The zero-order valence-corrected chi connectivity index (χ0v) is 13.8. The lowest BCUT2D eigenvalue weighted by Gasteiger charge is -2.15. The van der Waals surface area contributed by atoms with Crippen molar-refractivity contribution in [1.29, 1.82) is 0 Å². The lowest BCUT2D eigenvalue weighted by atomic mass is 10.2. The van der Waals surface area contributed by atoms with Crippen molar-refractivity contribution in [3.05, 3.63) is 27.7 Å². The summed E-state index contributed by atoms with van der Waals surface area (Å²) in [4.78, 5) is 22.8. The molecule has 3 N–H and O–H groups in total. The molecule has 1 rings (SSSR count). The SMILES string of the molecule is CSCCC(NC(=O)Nc1cc(Br)ccc1Cl)C(=O)O. The molecule has 0 saturated carbocycles. The van der Waals surface area contributed by atoms with E-state index in [-0.39, 0.29) is 0 Å². The number of carbonyl (C=O) groups excluding carboxylic acids is 1. The average Bonchev–Trinajstić information content (AvgIpc) is 2.38. The van der Waals surface area contributed by atoms with Crippen LogP contribution in [0.25, 0.3) is 0 Å². The molecule has 8 heteroatoms. The quantitative estimate of drug-likeness (QED) is 0.705. The molecular formula is C12H14BrClN2O3S. The molecule has 1 atom stereocenters. The second kappa shape index (κ2) is 8.39. The first kappa shape index (κ1) is 17.1. The molecule has 1 aromatic rings. The summed E-state index contributed by atoms with van der Waals surface area (Å²) in [5, 5.41) is 14.3. The largest absolute Gasteiger partial charge is 0.480 e. The van der Waals surface area contributed by atoms with E-state index < -0.39 is 18.0 Å². The molecule has 1 aromatic carbocycles. The van der Waals surface area contributed by atoms with Crippen LogP contribution in [0.1, 0.15) is 6.42 Å². The van der Waals surface area contributed by atoms with Crippen molar-refractivity contribution in [1.82, 2.24) is 5.32 Å². The minimum atomic E-state index is -1.06. The molecule has 0 fully saturated rings. The van der Waals surface area contributed by atoms with Gasteiger partial charge in [-0.3, -0.25) is 0 Å². The summed E-state index contributed by atoms with van der Waals surface area (Å²) in [6.07, 6.45) is 2.23. The summed E-state index contributed by atoms with van der Waals surface area (Å²) >= 11 is 10.7. The highest BCUT2D eigenvalue weighted by molar-refractivity contribution is 9.10. The number of anilines is 1. The van der Waals surface area contributed by atoms with Gasteiger partial charge < -0.3 is 15.7 Å². The molecule has 0 aliphatic carbocycles. The molecule has 0 bridgehead atoms. The van der Waals surface area contributed by atoms with Crippen LogP contribution in [0, 0.1) is 0 Å². The van der Waals surface area contributed by atoms with Gasteiger partial charge in [-0.15, -0.1) is 0 Å². The van der Waals surface area contributed by atoms with Gasteiger partial charge in [0.1, 0.15) is 6.04 Å². The number of carboxylic acids is 1. The number of carboxylic acid groups (broad SMARTS) is 1. The second-order valence-electron chi connectivity index (χ2n) is 3.89. The maximum absolute atomic E-state index is 11.8. The van der Waals surface area contributed by atoms with Crippen LogP contribution in [0.3, 0.4) is 0 Å². The van der Waals surface area contributed by atoms with E-state index >= 15 is 0 Å².